The summed E-state index contributed by atoms with van der Waals surface area (Å²) in [5, 5.41) is 0. The topological polar surface area (TPSA) is 71.7 Å². The summed E-state index contributed by atoms with van der Waals surface area (Å²) in [6.45, 7) is 1.76. The molecular weight excluding hydrogens is 370 g/mol. The van der Waals surface area contributed by atoms with Crippen molar-refractivity contribution in [2.45, 2.75) is 11.8 Å². The summed E-state index contributed by atoms with van der Waals surface area (Å²) in [4.78, 5) is 17.6. The number of sulfonamides is 1. The van der Waals surface area contributed by atoms with Crippen LogP contribution in [-0.4, -0.2) is 37.3 Å². The highest BCUT2D eigenvalue weighted by Crippen LogP contribution is 2.19. The number of fused-ring (bicyclic) bond motifs is 1. The zero-order valence-corrected chi connectivity index (χ0v) is 16.6. The molecule has 3 aromatic rings. The molecule has 0 aliphatic heterocycles. The summed E-state index contributed by atoms with van der Waals surface area (Å²) in [5.41, 5.74) is 1.95. The van der Waals surface area contributed by atoms with Gasteiger partial charge in [-0.05, 0) is 36.8 Å². The maximum Gasteiger partial charge on any atom is 0.279 e. The van der Waals surface area contributed by atoms with Crippen LogP contribution in [0, 0.1) is 6.92 Å². The zero-order valence-electron chi connectivity index (χ0n) is 14.9. The van der Waals surface area contributed by atoms with E-state index in [-0.39, 0.29) is 10.5 Å². The van der Waals surface area contributed by atoms with Gasteiger partial charge in [0.05, 0.1) is 15.1 Å². The fourth-order valence-corrected chi connectivity index (χ4v) is 4.48. The van der Waals surface area contributed by atoms with Crippen molar-refractivity contribution in [2.75, 3.05) is 14.1 Å². The molecule has 0 spiro atoms. The van der Waals surface area contributed by atoms with Crippen molar-refractivity contribution in [2.24, 2.45) is 12.0 Å². The van der Waals surface area contributed by atoms with Crippen molar-refractivity contribution in [3.63, 3.8) is 0 Å². The third kappa shape index (κ3) is 3.23. The number of amides is 1. The average Bonchev–Trinajstić information content (AvgIpc) is 2.91. The van der Waals surface area contributed by atoms with Crippen LogP contribution in [0.4, 0.5) is 0 Å². The number of rotatable bonds is 3. The van der Waals surface area contributed by atoms with E-state index >= 15 is 0 Å². The largest absolute Gasteiger partial charge is 0.319 e. The Balaban J connectivity index is 2.11. The third-order valence-electron chi connectivity index (χ3n) is 4.13. The van der Waals surface area contributed by atoms with Crippen LogP contribution >= 0.6 is 11.3 Å². The fourth-order valence-electron chi connectivity index (χ4n) is 2.54. The lowest BCUT2D eigenvalue weighted by molar-refractivity contribution is 0.0997. The first kappa shape index (κ1) is 18.5. The number of thiazole rings is 1. The lowest BCUT2D eigenvalue weighted by Gasteiger charge is -2.12. The van der Waals surface area contributed by atoms with Gasteiger partial charge in [-0.2, -0.15) is 4.99 Å². The molecule has 3 rings (SSSR count). The number of hydrogen-bond acceptors (Lipinski definition) is 4. The molecule has 0 N–H and O–H groups in total. The highest BCUT2D eigenvalue weighted by atomic mass is 32.2. The van der Waals surface area contributed by atoms with Crippen molar-refractivity contribution < 1.29 is 13.2 Å². The molecule has 0 unspecified atom stereocenters. The van der Waals surface area contributed by atoms with Gasteiger partial charge >= 0.3 is 0 Å². The van der Waals surface area contributed by atoms with E-state index in [0.717, 1.165) is 14.5 Å². The number of carbonyl (C=O) groups is 1. The minimum Gasteiger partial charge on any atom is -0.319 e. The van der Waals surface area contributed by atoms with Gasteiger partial charge in [-0.25, -0.2) is 12.7 Å². The maximum absolute atomic E-state index is 12.7. The molecule has 0 bridgehead atoms. The highest BCUT2D eigenvalue weighted by Gasteiger charge is 2.20. The normalized spacial score (nSPS) is 12.9. The molecule has 1 heterocycles. The summed E-state index contributed by atoms with van der Waals surface area (Å²) in [6, 6.07) is 12.3. The second kappa shape index (κ2) is 6.79. The van der Waals surface area contributed by atoms with E-state index in [1.807, 2.05) is 35.9 Å². The molecule has 1 amide bonds. The number of para-hydroxylation sites is 1. The number of carbonyl (C=O) groups excluding carboxylic acids is 1. The maximum atomic E-state index is 12.7. The van der Waals surface area contributed by atoms with Crippen molar-refractivity contribution in [1.29, 1.82) is 0 Å². The zero-order chi connectivity index (χ0) is 19.1. The lowest BCUT2D eigenvalue weighted by atomic mass is 10.1. The second-order valence-corrected chi connectivity index (χ2v) is 9.25. The quantitative estimate of drug-likeness (QED) is 0.691. The van der Waals surface area contributed by atoms with E-state index in [0.29, 0.717) is 10.4 Å². The molecule has 8 heteroatoms. The Morgan fingerprint density at radius 1 is 1.15 bits per heavy atom. The van der Waals surface area contributed by atoms with Gasteiger partial charge in [-0.3, -0.25) is 4.79 Å². The van der Waals surface area contributed by atoms with Crippen molar-refractivity contribution >= 4 is 37.5 Å². The summed E-state index contributed by atoms with van der Waals surface area (Å²) >= 11 is 1.42. The molecule has 0 atom stereocenters. The van der Waals surface area contributed by atoms with E-state index in [9.17, 15) is 13.2 Å². The molecule has 6 nitrogen and oxygen atoms in total. The van der Waals surface area contributed by atoms with E-state index in [4.69, 9.17) is 0 Å². The summed E-state index contributed by atoms with van der Waals surface area (Å²) in [6.07, 6.45) is 0. The Kier molecular flexibility index (Phi) is 4.83. The average molecular weight is 390 g/mol. The fraction of sp³-hybridized carbons (Fsp3) is 0.222. The Morgan fingerprint density at radius 3 is 2.50 bits per heavy atom. The summed E-state index contributed by atoms with van der Waals surface area (Å²) in [5.74, 6) is -0.458. The van der Waals surface area contributed by atoms with Crippen LogP contribution in [-0.2, 0) is 17.1 Å². The van der Waals surface area contributed by atoms with Crippen LogP contribution in [0.3, 0.4) is 0 Å². The van der Waals surface area contributed by atoms with Gasteiger partial charge in [-0.15, -0.1) is 0 Å². The van der Waals surface area contributed by atoms with E-state index in [2.05, 4.69) is 4.99 Å². The van der Waals surface area contributed by atoms with Gasteiger partial charge in [-0.1, -0.05) is 29.5 Å². The van der Waals surface area contributed by atoms with Gasteiger partial charge in [0.2, 0.25) is 10.0 Å². The van der Waals surface area contributed by atoms with Crippen LogP contribution in [0.2, 0.25) is 0 Å². The molecule has 26 heavy (non-hydrogen) atoms. The van der Waals surface area contributed by atoms with E-state index in [1.165, 1.54) is 37.6 Å². The van der Waals surface area contributed by atoms with Crippen LogP contribution < -0.4 is 4.80 Å². The molecule has 0 saturated heterocycles. The SMILES string of the molecule is Cc1ccc(S(=O)(=O)N(C)C)cc1C(=O)N=c1sc2ccccc2n1C. The van der Waals surface area contributed by atoms with Crippen molar-refractivity contribution in [3.8, 4) is 0 Å². The number of hydrogen-bond donors (Lipinski definition) is 0. The molecule has 136 valence electrons. The predicted octanol–water partition coefficient (Wildman–Crippen LogP) is 2.54. The standard InChI is InChI=1S/C18H19N3O3S2/c1-12-9-10-13(26(23,24)20(2)3)11-14(12)17(22)19-18-21(4)15-7-5-6-8-16(15)25-18/h5-11H,1-4H3. The predicted molar refractivity (Wildman–Crippen MR) is 103 cm³/mol. The molecular formula is C18H19N3O3S2. The first-order valence-electron chi connectivity index (χ1n) is 7.88. The smallest absolute Gasteiger partial charge is 0.279 e. The van der Waals surface area contributed by atoms with Crippen molar-refractivity contribution in [1.82, 2.24) is 8.87 Å². The van der Waals surface area contributed by atoms with Gasteiger partial charge in [0.1, 0.15) is 0 Å². The first-order chi connectivity index (χ1) is 12.2. The Hall–Kier alpha value is -2.29. The molecule has 1 aromatic heterocycles. The van der Waals surface area contributed by atoms with E-state index < -0.39 is 15.9 Å². The molecule has 2 aromatic carbocycles. The highest BCUT2D eigenvalue weighted by molar-refractivity contribution is 7.89. The van der Waals surface area contributed by atoms with Gasteiger partial charge < -0.3 is 4.57 Å². The van der Waals surface area contributed by atoms with Gasteiger partial charge in [0, 0.05) is 26.7 Å². The molecule has 0 aliphatic carbocycles. The summed E-state index contributed by atoms with van der Waals surface area (Å²) in [7, 11) is 1.15. The number of nitrogens with zero attached hydrogens (tertiary/aromatic N) is 3. The molecule has 0 saturated carbocycles. The molecule has 0 radical (unpaired) electrons. The van der Waals surface area contributed by atoms with Gasteiger partial charge in [0.25, 0.3) is 5.91 Å². The monoisotopic (exact) mass is 389 g/mol. The lowest BCUT2D eigenvalue weighted by Crippen LogP contribution is -2.22. The van der Waals surface area contributed by atoms with E-state index in [1.54, 1.807) is 13.0 Å². The molecule has 0 aliphatic rings. The minimum absolute atomic E-state index is 0.0763. The third-order valence-corrected chi connectivity index (χ3v) is 7.05. The second-order valence-electron chi connectivity index (χ2n) is 6.09. The summed E-state index contributed by atoms with van der Waals surface area (Å²) < 4.78 is 28.7. The first-order valence-corrected chi connectivity index (χ1v) is 10.1. The number of aromatic nitrogens is 1. The van der Waals surface area contributed by atoms with Crippen molar-refractivity contribution in [3.05, 3.63) is 58.4 Å². The molecule has 0 fully saturated rings. The number of aryl methyl sites for hydroxylation is 2. The number of benzene rings is 2. The Labute approximate surface area is 156 Å². The van der Waals surface area contributed by atoms with Crippen LogP contribution in [0.1, 0.15) is 15.9 Å². The van der Waals surface area contributed by atoms with Crippen LogP contribution in [0.5, 0.6) is 0 Å². The minimum atomic E-state index is -3.61. The van der Waals surface area contributed by atoms with Crippen LogP contribution in [0.25, 0.3) is 10.2 Å². The van der Waals surface area contributed by atoms with Gasteiger partial charge in [0.15, 0.2) is 4.80 Å². The Bertz CT molecular complexity index is 1170. The van der Waals surface area contributed by atoms with Crippen LogP contribution in [0.15, 0.2) is 52.4 Å². The Morgan fingerprint density at radius 2 is 1.85 bits per heavy atom.